The van der Waals surface area contributed by atoms with Crippen LogP contribution in [0.2, 0.25) is 0 Å². The van der Waals surface area contributed by atoms with E-state index in [1.165, 1.54) is 22.3 Å². The van der Waals surface area contributed by atoms with Gasteiger partial charge in [0, 0.05) is 44.8 Å². The van der Waals surface area contributed by atoms with Gasteiger partial charge in [0.2, 0.25) is 0 Å². The molecule has 0 fully saturated rings. The Bertz CT molecular complexity index is 3360. The van der Waals surface area contributed by atoms with E-state index in [1.54, 1.807) is 0 Å². The number of rotatable bonds is 10. The second-order valence-corrected chi connectivity index (χ2v) is 16.9. The maximum absolute atomic E-state index is 6.89. The van der Waals surface area contributed by atoms with Gasteiger partial charge in [-0.2, -0.15) is 0 Å². The molecule has 316 valence electrons. The van der Waals surface area contributed by atoms with Gasteiger partial charge in [-0.3, -0.25) is 0 Å². The highest BCUT2D eigenvalue weighted by Gasteiger charge is 2.27. The van der Waals surface area contributed by atoms with E-state index in [0.717, 1.165) is 89.8 Å². The van der Waals surface area contributed by atoms with Crippen molar-refractivity contribution in [3.05, 3.63) is 267 Å². The Hall–Kier alpha value is -8.92. The Morgan fingerprint density at radius 2 is 0.642 bits per heavy atom. The standard InChI is InChI=1S/C64H44N2O/c1-7-20-45(21-8-1)54-37-34-52(42-58(54)47-24-11-3-12-25-47)66(53-35-38-55(46-22-9-2-10-23-46)59(43-53)48-26-13-4-14-27-48)61-39-41-63-64-56(32-19-33-57(61)64)60-44-51(36-40-62(60)67-63)65(49-28-15-5-16-29-49)50-30-17-6-18-31-50/h1-44H. The van der Waals surface area contributed by atoms with Crippen molar-refractivity contribution in [2.24, 2.45) is 0 Å². The smallest absolute Gasteiger partial charge is 0.136 e. The second kappa shape index (κ2) is 17.2. The molecule has 1 aliphatic rings. The third-order valence-electron chi connectivity index (χ3n) is 12.8. The van der Waals surface area contributed by atoms with Crippen LogP contribution in [0.3, 0.4) is 0 Å². The van der Waals surface area contributed by atoms with Gasteiger partial charge >= 0.3 is 0 Å². The highest BCUT2D eigenvalue weighted by Crippen LogP contribution is 2.53. The second-order valence-electron chi connectivity index (χ2n) is 16.9. The van der Waals surface area contributed by atoms with Crippen molar-refractivity contribution in [1.82, 2.24) is 0 Å². The van der Waals surface area contributed by atoms with E-state index in [0.29, 0.717) is 0 Å². The van der Waals surface area contributed by atoms with Gasteiger partial charge in [-0.25, -0.2) is 0 Å². The van der Waals surface area contributed by atoms with Crippen LogP contribution in [0.4, 0.5) is 34.1 Å². The Kier molecular flexibility index (Phi) is 10.2. The molecule has 0 radical (unpaired) electrons. The summed E-state index contributed by atoms with van der Waals surface area (Å²) < 4.78 is 6.89. The summed E-state index contributed by atoms with van der Waals surface area (Å²) in [6.07, 6.45) is 0. The van der Waals surface area contributed by atoms with Crippen molar-refractivity contribution in [2.75, 3.05) is 9.80 Å². The number of hydrogen-bond acceptors (Lipinski definition) is 3. The highest BCUT2D eigenvalue weighted by molar-refractivity contribution is 6.11. The quantitative estimate of drug-likeness (QED) is 0.136. The normalized spacial score (nSPS) is 11.4. The van der Waals surface area contributed by atoms with E-state index in [4.69, 9.17) is 4.74 Å². The summed E-state index contributed by atoms with van der Waals surface area (Å²) in [5.74, 6) is 1.67. The van der Waals surface area contributed by atoms with Crippen LogP contribution in [0, 0.1) is 0 Å². The van der Waals surface area contributed by atoms with Gasteiger partial charge in [-0.15, -0.1) is 0 Å². The summed E-state index contributed by atoms with van der Waals surface area (Å²) in [6, 6.07) is 95.5. The lowest BCUT2D eigenvalue weighted by Gasteiger charge is -2.31. The van der Waals surface area contributed by atoms with Crippen molar-refractivity contribution in [2.45, 2.75) is 0 Å². The summed E-state index contributed by atoms with van der Waals surface area (Å²) in [5, 5.41) is 2.17. The van der Waals surface area contributed by atoms with Crippen LogP contribution < -0.4 is 14.5 Å². The molecule has 0 N–H and O–H groups in total. The lowest BCUT2D eigenvalue weighted by molar-refractivity contribution is 0.487. The first-order valence-electron chi connectivity index (χ1n) is 22.8. The van der Waals surface area contributed by atoms with Gasteiger partial charge in [0.25, 0.3) is 0 Å². The average molecular weight is 857 g/mol. The SMILES string of the molecule is c1ccc(-c2ccc(N(c3ccc(-c4ccccc4)c(-c4ccccc4)c3)c3ccc4c5c(cccc35)-c3cc(N(c5ccccc5)c5ccccc5)ccc3O4)cc2-c2ccccc2)cc1. The summed E-state index contributed by atoms with van der Waals surface area (Å²) in [7, 11) is 0. The van der Waals surface area contributed by atoms with Gasteiger partial charge in [0.05, 0.1) is 5.69 Å². The fourth-order valence-corrected chi connectivity index (χ4v) is 9.76. The lowest BCUT2D eigenvalue weighted by Crippen LogP contribution is -2.12. The van der Waals surface area contributed by atoms with Crippen molar-refractivity contribution < 1.29 is 4.74 Å². The van der Waals surface area contributed by atoms with E-state index in [9.17, 15) is 0 Å². The molecule has 11 aromatic carbocycles. The Labute approximate surface area is 391 Å². The average Bonchev–Trinajstić information content (AvgIpc) is 3.41. The van der Waals surface area contributed by atoms with Crippen LogP contribution in [0.15, 0.2) is 267 Å². The molecule has 0 saturated carbocycles. The largest absolute Gasteiger partial charge is 0.456 e. The molecule has 3 heteroatoms. The maximum atomic E-state index is 6.89. The first-order valence-corrected chi connectivity index (χ1v) is 22.8. The molecule has 0 spiro atoms. The van der Waals surface area contributed by atoms with Crippen LogP contribution in [0.1, 0.15) is 0 Å². The third-order valence-corrected chi connectivity index (χ3v) is 12.8. The molecule has 0 amide bonds. The van der Waals surface area contributed by atoms with Gasteiger partial charge in [0.1, 0.15) is 11.5 Å². The zero-order valence-corrected chi connectivity index (χ0v) is 36.7. The predicted octanol–water partition coefficient (Wildman–Crippen LogP) is 18.2. The minimum atomic E-state index is 0.836. The summed E-state index contributed by atoms with van der Waals surface area (Å²) in [6.45, 7) is 0. The molecule has 12 rings (SSSR count). The molecular weight excluding hydrogens is 813 g/mol. The number of ether oxygens (including phenoxy) is 1. The van der Waals surface area contributed by atoms with Crippen LogP contribution in [-0.4, -0.2) is 0 Å². The zero-order chi connectivity index (χ0) is 44.5. The fourth-order valence-electron chi connectivity index (χ4n) is 9.76. The molecule has 0 atom stereocenters. The number of para-hydroxylation sites is 2. The molecule has 0 aliphatic carbocycles. The predicted molar refractivity (Wildman–Crippen MR) is 281 cm³/mol. The molecule has 3 nitrogen and oxygen atoms in total. The monoisotopic (exact) mass is 856 g/mol. The summed E-state index contributed by atoms with van der Waals surface area (Å²) >= 11 is 0. The highest BCUT2D eigenvalue weighted by atomic mass is 16.5. The van der Waals surface area contributed by atoms with Crippen molar-refractivity contribution in [3.8, 4) is 67.1 Å². The topological polar surface area (TPSA) is 15.7 Å². The number of hydrogen-bond donors (Lipinski definition) is 0. The van der Waals surface area contributed by atoms with Gasteiger partial charge in [-0.1, -0.05) is 188 Å². The fraction of sp³-hybridized carbons (Fsp3) is 0. The molecular formula is C64H44N2O. The van der Waals surface area contributed by atoms with Crippen LogP contribution in [0.25, 0.3) is 66.4 Å². The Morgan fingerprint density at radius 1 is 0.239 bits per heavy atom. The Morgan fingerprint density at radius 3 is 1.13 bits per heavy atom. The van der Waals surface area contributed by atoms with Crippen LogP contribution in [-0.2, 0) is 0 Å². The number of fused-ring (bicyclic) bond motifs is 2. The molecule has 1 heterocycles. The molecule has 67 heavy (non-hydrogen) atoms. The Balaban J connectivity index is 1.08. The molecule has 0 aromatic heterocycles. The van der Waals surface area contributed by atoms with E-state index < -0.39 is 0 Å². The summed E-state index contributed by atoms with van der Waals surface area (Å²) in [4.78, 5) is 4.74. The van der Waals surface area contributed by atoms with E-state index >= 15 is 0 Å². The van der Waals surface area contributed by atoms with E-state index in [2.05, 4.69) is 277 Å². The first kappa shape index (κ1) is 39.7. The minimum Gasteiger partial charge on any atom is -0.456 e. The van der Waals surface area contributed by atoms with Gasteiger partial charge in [-0.05, 0) is 129 Å². The molecule has 11 aromatic rings. The van der Waals surface area contributed by atoms with Crippen molar-refractivity contribution >= 4 is 44.9 Å². The molecule has 0 bridgehead atoms. The zero-order valence-electron chi connectivity index (χ0n) is 36.7. The molecule has 0 unspecified atom stereocenters. The van der Waals surface area contributed by atoms with Crippen molar-refractivity contribution in [1.29, 1.82) is 0 Å². The number of anilines is 6. The van der Waals surface area contributed by atoms with Crippen LogP contribution in [0.5, 0.6) is 11.5 Å². The molecule has 1 aliphatic heterocycles. The summed E-state index contributed by atoms with van der Waals surface area (Å²) in [5.41, 5.74) is 17.9. The number of benzene rings is 11. The van der Waals surface area contributed by atoms with E-state index in [-0.39, 0.29) is 0 Å². The van der Waals surface area contributed by atoms with E-state index in [1.807, 2.05) is 0 Å². The minimum absolute atomic E-state index is 0.836. The maximum Gasteiger partial charge on any atom is 0.136 e. The van der Waals surface area contributed by atoms with Gasteiger partial charge in [0.15, 0.2) is 0 Å². The third kappa shape index (κ3) is 7.39. The molecule has 0 saturated heterocycles. The van der Waals surface area contributed by atoms with Crippen LogP contribution >= 0.6 is 0 Å². The van der Waals surface area contributed by atoms with Gasteiger partial charge < -0.3 is 14.5 Å². The lowest BCUT2D eigenvalue weighted by atomic mass is 9.91. The number of nitrogens with zero attached hydrogens (tertiary/aromatic N) is 2. The van der Waals surface area contributed by atoms with Crippen molar-refractivity contribution in [3.63, 3.8) is 0 Å². The first-order chi connectivity index (χ1) is 33.2.